The minimum absolute atomic E-state index is 0.00154. The average Bonchev–Trinajstić information content (AvgIpc) is 2.29. The minimum Gasteiger partial charge on any atom is -0.362 e. The Kier molecular flexibility index (Phi) is 4.85. The minimum atomic E-state index is -0.529. The largest absolute Gasteiger partial charge is 0.362 e. The van der Waals surface area contributed by atoms with Crippen molar-refractivity contribution in [2.45, 2.75) is 13.8 Å². The normalized spacial score (nSPS) is 9.82. The maximum absolute atomic E-state index is 13.1. The maximum atomic E-state index is 13.1. The van der Waals surface area contributed by atoms with E-state index in [0.29, 0.717) is 16.7 Å². The van der Waals surface area contributed by atoms with E-state index in [1.807, 2.05) is 0 Å². The van der Waals surface area contributed by atoms with Crippen LogP contribution >= 0.6 is 12.2 Å². The first-order valence-electron chi connectivity index (χ1n) is 5.27. The van der Waals surface area contributed by atoms with Crippen molar-refractivity contribution in [1.29, 1.82) is 5.26 Å². The highest BCUT2D eigenvalue weighted by molar-refractivity contribution is 7.80. The lowest BCUT2D eigenvalue weighted by atomic mass is 10.2. The van der Waals surface area contributed by atoms with Gasteiger partial charge in [-0.05, 0) is 36.3 Å². The molecular weight excluding hydrogens is 237 g/mol. The lowest BCUT2D eigenvalue weighted by molar-refractivity contribution is 0.624. The quantitative estimate of drug-likeness (QED) is 0.811. The second kappa shape index (κ2) is 6.16. The molecule has 0 aromatic heterocycles. The van der Waals surface area contributed by atoms with Crippen LogP contribution in [0.25, 0.3) is 0 Å². The average molecular weight is 251 g/mol. The summed E-state index contributed by atoms with van der Waals surface area (Å²) in [5, 5.41) is 15.1. The van der Waals surface area contributed by atoms with Crippen molar-refractivity contribution in [2.24, 2.45) is 5.92 Å². The molecule has 1 rings (SSSR count). The van der Waals surface area contributed by atoms with Crippen molar-refractivity contribution < 1.29 is 4.39 Å². The molecule has 90 valence electrons. The van der Waals surface area contributed by atoms with Gasteiger partial charge in [0.1, 0.15) is 11.9 Å². The molecule has 0 spiro atoms. The summed E-state index contributed by atoms with van der Waals surface area (Å²) in [5.74, 6) is -0.0447. The first kappa shape index (κ1) is 13.4. The third kappa shape index (κ3) is 4.37. The number of benzene rings is 1. The second-order valence-corrected chi connectivity index (χ2v) is 4.44. The Hall–Kier alpha value is -1.67. The van der Waals surface area contributed by atoms with Crippen LogP contribution in [-0.2, 0) is 0 Å². The van der Waals surface area contributed by atoms with Crippen molar-refractivity contribution in [3.63, 3.8) is 0 Å². The molecule has 0 heterocycles. The van der Waals surface area contributed by atoms with E-state index >= 15 is 0 Å². The Morgan fingerprint density at radius 3 is 2.82 bits per heavy atom. The zero-order chi connectivity index (χ0) is 12.8. The summed E-state index contributed by atoms with van der Waals surface area (Å²) in [5.41, 5.74) is 0.603. The van der Waals surface area contributed by atoms with E-state index in [1.54, 1.807) is 12.1 Å². The van der Waals surface area contributed by atoms with Crippen molar-refractivity contribution in [2.75, 3.05) is 11.9 Å². The molecule has 0 aliphatic heterocycles. The number of halogens is 1. The Morgan fingerprint density at radius 2 is 2.24 bits per heavy atom. The van der Waals surface area contributed by atoms with Gasteiger partial charge in [0, 0.05) is 12.2 Å². The molecule has 0 bridgehead atoms. The van der Waals surface area contributed by atoms with Gasteiger partial charge < -0.3 is 10.6 Å². The van der Waals surface area contributed by atoms with Gasteiger partial charge in [0.15, 0.2) is 5.11 Å². The van der Waals surface area contributed by atoms with Crippen molar-refractivity contribution in [1.82, 2.24) is 5.32 Å². The highest BCUT2D eigenvalue weighted by atomic mass is 32.1. The molecule has 2 N–H and O–H groups in total. The third-order valence-electron chi connectivity index (χ3n) is 2.02. The Labute approximate surface area is 106 Å². The highest BCUT2D eigenvalue weighted by Gasteiger charge is 2.04. The van der Waals surface area contributed by atoms with Gasteiger partial charge >= 0.3 is 0 Å². The molecule has 0 aliphatic carbocycles. The lowest BCUT2D eigenvalue weighted by Gasteiger charge is -2.12. The van der Waals surface area contributed by atoms with Gasteiger partial charge in [-0.15, -0.1) is 0 Å². The van der Waals surface area contributed by atoms with Crippen LogP contribution in [0.2, 0.25) is 0 Å². The summed E-state index contributed by atoms with van der Waals surface area (Å²) in [6, 6.07) is 5.99. The van der Waals surface area contributed by atoms with Crippen LogP contribution in [0.5, 0.6) is 0 Å². The predicted molar refractivity (Wildman–Crippen MR) is 70.2 cm³/mol. The number of hydrogen-bond acceptors (Lipinski definition) is 2. The number of rotatable bonds is 3. The molecule has 1 aromatic carbocycles. The highest BCUT2D eigenvalue weighted by Crippen LogP contribution is 2.13. The van der Waals surface area contributed by atoms with E-state index in [9.17, 15) is 4.39 Å². The predicted octanol–water partition coefficient (Wildman–Crippen LogP) is 2.64. The number of anilines is 1. The standard InChI is InChI=1S/C12H14FN3S/c1-8(2)7-15-12(17)16-10-3-4-11(13)9(5-10)6-14/h3-5,8H,7H2,1-2H3,(H2,15,16,17). The Bertz CT molecular complexity index is 452. The molecule has 0 amide bonds. The van der Waals surface area contributed by atoms with Gasteiger partial charge in [-0.25, -0.2) is 4.39 Å². The molecule has 0 fully saturated rings. The maximum Gasteiger partial charge on any atom is 0.170 e. The molecule has 0 unspecified atom stereocenters. The topological polar surface area (TPSA) is 47.8 Å². The summed E-state index contributed by atoms with van der Waals surface area (Å²) in [7, 11) is 0. The van der Waals surface area contributed by atoms with Gasteiger partial charge in [0.2, 0.25) is 0 Å². The van der Waals surface area contributed by atoms with Gasteiger partial charge in [0.25, 0.3) is 0 Å². The van der Waals surface area contributed by atoms with Crippen molar-refractivity contribution in [3.8, 4) is 6.07 Å². The number of nitriles is 1. The van der Waals surface area contributed by atoms with Gasteiger partial charge in [0.05, 0.1) is 5.56 Å². The van der Waals surface area contributed by atoms with Gasteiger partial charge in [-0.2, -0.15) is 5.26 Å². The van der Waals surface area contributed by atoms with E-state index < -0.39 is 5.82 Å². The zero-order valence-corrected chi connectivity index (χ0v) is 10.6. The number of nitrogens with one attached hydrogen (secondary N) is 2. The third-order valence-corrected chi connectivity index (χ3v) is 2.26. The molecule has 0 saturated heterocycles. The Morgan fingerprint density at radius 1 is 1.53 bits per heavy atom. The molecule has 1 aromatic rings. The fraction of sp³-hybridized carbons (Fsp3) is 0.333. The van der Waals surface area contributed by atoms with Crippen LogP contribution in [0, 0.1) is 23.1 Å². The van der Waals surface area contributed by atoms with Gasteiger partial charge in [-0.1, -0.05) is 13.8 Å². The number of nitrogens with zero attached hydrogens (tertiary/aromatic N) is 1. The van der Waals surface area contributed by atoms with Crippen LogP contribution in [0.1, 0.15) is 19.4 Å². The summed E-state index contributed by atoms with van der Waals surface area (Å²) >= 11 is 5.07. The molecule has 0 atom stereocenters. The number of thiocarbonyl (C=S) groups is 1. The van der Waals surface area contributed by atoms with Crippen LogP contribution < -0.4 is 10.6 Å². The van der Waals surface area contributed by atoms with E-state index in [-0.39, 0.29) is 5.56 Å². The molecule has 17 heavy (non-hydrogen) atoms. The smallest absolute Gasteiger partial charge is 0.170 e. The van der Waals surface area contributed by atoms with Crippen LogP contribution in [0.3, 0.4) is 0 Å². The van der Waals surface area contributed by atoms with E-state index in [0.717, 1.165) is 6.54 Å². The number of hydrogen-bond donors (Lipinski definition) is 2. The van der Waals surface area contributed by atoms with E-state index in [2.05, 4.69) is 24.5 Å². The first-order chi connectivity index (χ1) is 8.02. The molecule has 0 radical (unpaired) electrons. The van der Waals surface area contributed by atoms with Crippen LogP contribution in [0.15, 0.2) is 18.2 Å². The van der Waals surface area contributed by atoms with Gasteiger partial charge in [-0.3, -0.25) is 0 Å². The van der Waals surface area contributed by atoms with Crippen LogP contribution in [-0.4, -0.2) is 11.7 Å². The molecule has 0 aliphatic rings. The van der Waals surface area contributed by atoms with Crippen LogP contribution in [0.4, 0.5) is 10.1 Å². The molecule has 5 heteroatoms. The fourth-order valence-electron chi connectivity index (χ4n) is 1.16. The first-order valence-corrected chi connectivity index (χ1v) is 5.68. The fourth-order valence-corrected chi connectivity index (χ4v) is 1.36. The summed E-state index contributed by atoms with van der Waals surface area (Å²) in [6.07, 6.45) is 0. The lowest BCUT2D eigenvalue weighted by Crippen LogP contribution is -2.31. The monoisotopic (exact) mass is 251 g/mol. The second-order valence-electron chi connectivity index (χ2n) is 4.04. The SMILES string of the molecule is CC(C)CNC(=S)Nc1ccc(F)c(C#N)c1. The summed E-state index contributed by atoms with van der Waals surface area (Å²) in [6.45, 7) is 4.90. The van der Waals surface area contributed by atoms with E-state index in [1.165, 1.54) is 12.1 Å². The zero-order valence-electron chi connectivity index (χ0n) is 9.75. The summed E-state index contributed by atoms with van der Waals surface area (Å²) < 4.78 is 13.1. The van der Waals surface area contributed by atoms with Crippen molar-refractivity contribution in [3.05, 3.63) is 29.6 Å². The Balaban J connectivity index is 2.63. The molecule has 0 saturated carbocycles. The summed E-state index contributed by atoms with van der Waals surface area (Å²) in [4.78, 5) is 0. The molecule has 3 nitrogen and oxygen atoms in total. The van der Waals surface area contributed by atoms with Crippen molar-refractivity contribution >= 4 is 23.0 Å². The van der Waals surface area contributed by atoms with E-state index in [4.69, 9.17) is 17.5 Å². The molecular formula is C12H14FN3S.